The quantitative estimate of drug-likeness (QED) is 0.0312. The second-order valence-electron chi connectivity index (χ2n) is 7.89. The van der Waals surface area contributed by atoms with Crippen LogP contribution in [-0.4, -0.2) is 52.5 Å². The summed E-state index contributed by atoms with van der Waals surface area (Å²) in [5.41, 5.74) is 9.54. The number of phenols is 1. The van der Waals surface area contributed by atoms with Gasteiger partial charge in [-0.1, -0.05) is 12.1 Å². The molecule has 41 heavy (non-hydrogen) atoms. The van der Waals surface area contributed by atoms with Crippen molar-refractivity contribution in [3.05, 3.63) is 58.7 Å². The summed E-state index contributed by atoms with van der Waals surface area (Å²) < 4.78 is 41.7. The predicted molar refractivity (Wildman–Crippen MR) is 129 cm³/mol. The number of phenolic OH excluding ortho intramolecular Hbond substituents is 1. The van der Waals surface area contributed by atoms with Crippen molar-refractivity contribution in [3.63, 3.8) is 0 Å². The predicted octanol–water partition coefficient (Wildman–Crippen LogP) is -4.68. The van der Waals surface area contributed by atoms with Gasteiger partial charge in [0.25, 0.3) is 6.47 Å². The zero-order valence-corrected chi connectivity index (χ0v) is 29.3. The molecule has 1 amide bonds. The number of nitrogens with two attached hydrogens (primary N) is 1. The molecule has 2 aromatic rings. The van der Waals surface area contributed by atoms with Gasteiger partial charge in [-0.25, -0.2) is 0 Å². The van der Waals surface area contributed by atoms with Gasteiger partial charge >= 0.3 is 121 Å². The van der Waals surface area contributed by atoms with Crippen molar-refractivity contribution in [1.82, 2.24) is 5.32 Å². The van der Waals surface area contributed by atoms with Crippen molar-refractivity contribution in [2.45, 2.75) is 43.9 Å². The minimum Gasteiger partial charge on any atom is -1.00 e. The number of nitrogens with one attached hydrogen (secondary N) is 1. The number of alkyl halides is 4. The van der Waals surface area contributed by atoms with E-state index < -0.39 is 30.9 Å². The van der Waals surface area contributed by atoms with Gasteiger partial charge in [-0.05, 0) is 72.2 Å². The number of benzene rings is 2. The molecule has 0 saturated heterocycles. The molecule has 11 nitrogen and oxygen atoms in total. The molecule has 2 aliphatic rings. The number of fused-ring (bicyclic) bond motifs is 2. The Morgan fingerprint density at radius 1 is 1.10 bits per heavy atom. The van der Waals surface area contributed by atoms with Crippen molar-refractivity contribution in [2.75, 3.05) is 12.7 Å². The Hall–Kier alpha value is -0.157. The van der Waals surface area contributed by atoms with Crippen LogP contribution in [0, 0.1) is 0 Å². The van der Waals surface area contributed by atoms with E-state index >= 15 is 0 Å². The molecule has 2 atom stereocenters. The normalized spacial score (nSPS) is 15.6. The number of esters is 1. The summed E-state index contributed by atoms with van der Waals surface area (Å²) in [5, 5.41) is 33.8. The van der Waals surface area contributed by atoms with E-state index in [1.165, 1.54) is 17.7 Å². The minimum atomic E-state index is -4.93. The SMILES string of the molecule is N[C@@H]1CCc2ccc(O)cc21.O=C(CCl)Oc1ccc2c(c1)[C@H](NC(=O)C(F)(F)F)CC2.O=CO[O-].OCO.[H-].[K+].[K+]. The van der Waals surface area contributed by atoms with Crippen LogP contribution in [0.25, 0.3) is 0 Å². The Morgan fingerprint density at radius 2 is 1.63 bits per heavy atom. The summed E-state index contributed by atoms with van der Waals surface area (Å²) in [6.45, 7) is -0.931. The average Bonchev–Trinajstić information content (AvgIpc) is 3.47. The molecule has 2 aliphatic carbocycles. The Labute approximate surface area is 325 Å². The third-order valence-electron chi connectivity index (χ3n) is 5.39. The second kappa shape index (κ2) is 22.4. The number of aryl methyl sites for hydroxylation is 2. The smallest absolute Gasteiger partial charge is 1.00 e. The fourth-order valence-corrected chi connectivity index (χ4v) is 3.87. The van der Waals surface area contributed by atoms with Crippen molar-refractivity contribution in [2.24, 2.45) is 5.73 Å². The molecule has 0 spiro atoms. The summed E-state index contributed by atoms with van der Waals surface area (Å²) in [7, 11) is 0. The van der Waals surface area contributed by atoms with Gasteiger partial charge in [0.05, 0.1) is 6.04 Å². The summed E-state index contributed by atoms with van der Waals surface area (Å²) in [6.07, 6.45) is -1.95. The summed E-state index contributed by atoms with van der Waals surface area (Å²) in [6, 6.07) is 9.49. The Balaban J connectivity index is -0.000000610. The third-order valence-corrected chi connectivity index (χ3v) is 5.61. The molecule has 0 unspecified atom stereocenters. The first kappa shape index (κ1) is 43.0. The van der Waals surface area contributed by atoms with Gasteiger partial charge in [0.1, 0.15) is 24.2 Å². The van der Waals surface area contributed by atoms with E-state index in [0.717, 1.165) is 24.0 Å². The molecule has 17 heteroatoms. The fourth-order valence-electron chi connectivity index (χ4n) is 3.81. The molecule has 0 aromatic heterocycles. The van der Waals surface area contributed by atoms with Gasteiger partial charge in [-0.3, -0.25) is 14.4 Å². The molecule has 2 aromatic carbocycles. The maximum Gasteiger partial charge on any atom is 1.00 e. The minimum absolute atomic E-state index is 0. The molecule has 0 heterocycles. The number of aromatic hydroxyl groups is 1. The van der Waals surface area contributed by atoms with Crippen LogP contribution in [0.5, 0.6) is 11.5 Å². The average molecular weight is 659 g/mol. The fraction of sp³-hybridized carbons (Fsp3) is 0.375. The molecule has 6 N–H and O–H groups in total. The summed E-state index contributed by atoms with van der Waals surface area (Å²) in [4.78, 5) is 33.3. The maximum absolute atomic E-state index is 12.3. The van der Waals surface area contributed by atoms with Crippen LogP contribution in [0.2, 0.25) is 0 Å². The van der Waals surface area contributed by atoms with Gasteiger partial charge in [0.15, 0.2) is 0 Å². The van der Waals surface area contributed by atoms with Gasteiger partial charge in [0, 0.05) is 6.04 Å². The van der Waals surface area contributed by atoms with E-state index in [0.29, 0.717) is 24.2 Å². The molecular formula is C24H28ClF3K2N2O9. The molecular weight excluding hydrogens is 631 g/mol. The first-order valence-electron chi connectivity index (χ1n) is 11.2. The van der Waals surface area contributed by atoms with Crippen molar-refractivity contribution >= 4 is 29.9 Å². The monoisotopic (exact) mass is 658 g/mol. The van der Waals surface area contributed by atoms with E-state index in [4.69, 9.17) is 47.4 Å². The van der Waals surface area contributed by atoms with E-state index in [2.05, 4.69) is 4.89 Å². The Bertz CT molecular complexity index is 1120. The topological polar surface area (TPSA) is 191 Å². The second-order valence-corrected chi connectivity index (χ2v) is 8.16. The standard InChI is InChI=1S/C13H11ClF3NO3.C9H11NO.CH2O3.CH4O2.2K.H/c14-6-11(19)21-8-3-1-7-2-4-10(9(7)5-8)18-12(20)13(15,16)17;10-9-4-2-6-1-3-7(11)5-8(6)9;2-1-4-3;2-1-3;;;/h1,3,5,10H,2,4,6H2,(H,18,20);1,3,5,9,11H,2,4,10H2;1,3H;2-3H,1H2;;;/q;;;;2*+1;-1/p-1/t10-;9-;;;;;/m11...../s1. The number of carbonyl (C=O) groups is 3. The van der Waals surface area contributed by atoms with Crippen molar-refractivity contribution in [3.8, 4) is 11.5 Å². The molecule has 4 rings (SSSR count). The number of amides is 1. The third kappa shape index (κ3) is 15.4. The number of aliphatic hydroxyl groups is 2. The maximum atomic E-state index is 12.3. The van der Waals surface area contributed by atoms with Crippen LogP contribution in [0.3, 0.4) is 0 Å². The zero-order chi connectivity index (χ0) is 29.6. The van der Waals surface area contributed by atoms with Crippen LogP contribution >= 0.6 is 11.6 Å². The largest absolute Gasteiger partial charge is 1.00 e. The van der Waals surface area contributed by atoms with E-state index in [-0.39, 0.29) is 128 Å². The van der Waals surface area contributed by atoms with Crippen LogP contribution in [-0.2, 0) is 32.1 Å². The number of rotatable bonds is 4. The summed E-state index contributed by atoms with van der Waals surface area (Å²) >= 11 is 5.31. The van der Waals surface area contributed by atoms with Crippen molar-refractivity contribution in [1.29, 1.82) is 0 Å². The first-order valence-corrected chi connectivity index (χ1v) is 11.7. The van der Waals surface area contributed by atoms with Gasteiger partial charge in [-0.15, -0.1) is 11.6 Å². The van der Waals surface area contributed by atoms with Crippen molar-refractivity contribution < 1.29 is 162 Å². The Kier molecular flexibility index (Phi) is 23.4. The molecule has 0 aliphatic heterocycles. The molecule has 0 fully saturated rings. The van der Waals surface area contributed by atoms with Crippen LogP contribution in [0.1, 0.15) is 48.6 Å². The first-order chi connectivity index (χ1) is 18.4. The number of carbonyl (C=O) groups excluding carboxylic acids is 3. The molecule has 0 saturated carbocycles. The van der Waals surface area contributed by atoms with Gasteiger partial charge in [-0.2, -0.15) is 13.2 Å². The van der Waals surface area contributed by atoms with Crippen LogP contribution in [0.15, 0.2) is 36.4 Å². The van der Waals surface area contributed by atoms with Gasteiger partial charge < -0.3 is 42.7 Å². The van der Waals surface area contributed by atoms with E-state index in [9.17, 15) is 22.8 Å². The van der Waals surface area contributed by atoms with Gasteiger partial charge in [0.2, 0.25) is 0 Å². The number of ether oxygens (including phenoxy) is 1. The Morgan fingerprint density at radius 3 is 2.17 bits per heavy atom. The zero-order valence-electron chi connectivity index (χ0n) is 23.3. The number of halogens is 4. The van der Waals surface area contributed by atoms with Crippen LogP contribution in [0.4, 0.5) is 13.2 Å². The van der Waals surface area contributed by atoms with Crippen LogP contribution < -0.4 is 124 Å². The van der Waals surface area contributed by atoms with E-state index in [1.54, 1.807) is 18.2 Å². The molecule has 0 radical (unpaired) electrons. The number of hydrogen-bond donors (Lipinski definition) is 5. The summed E-state index contributed by atoms with van der Waals surface area (Å²) in [5.74, 6) is -2.46. The number of hydrogen-bond acceptors (Lipinski definition) is 10. The molecule has 0 bridgehead atoms. The number of aliphatic hydroxyl groups excluding tert-OH is 1. The van der Waals surface area contributed by atoms with E-state index in [1.807, 2.05) is 11.4 Å². The molecule has 218 valence electrons.